The highest BCUT2D eigenvalue weighted by Gasteiger charge is 2.48. The van der Waals surface area contributed by atoms with E-state index in [1.54, 1.807) is 32.9 Å². The number of nitrogens with one attached hydrogen (secondary N) is 1. The second kappa shape index (κ2) is 9.30. The zero-order chi connectivity index (χ0) is 24.5. The van der Waals surface area contributed by atoms with Gasteiger partial charge in [-0.1, -0.05) is 19.1 Å². The number of carbonyl (C=O) groups excluding carboxylic acids is 4. The topological polar surface area (TPSA) is 133 Å². The number of benzene rings is 1. The second-order valence-corrected chi connectivity index (χ2v) is 9.35. The van der Waals surface area contributed by atoms with Crippen molar-refractivity contribution < 1.29 is 33.8 Å². The molecule has 3 rings (SSSR count). The highest BCUT2D eigenvalue weighted by atomic mass is 16.6. The summed E-state index contributed by atoms with van der Waals surface area (Å²) >= 11 is 0. The van der Waals surface area contributed by atoms with Crippen LogP contribution in [0.25, 0.3) is 0 Å². The molecule has 0 bridgehead atoms. The molecule has 2 heterocycles. The van der Waals surface area contributed by atoms with Crippen LogP contribution >= 0.6 is 0 Å². The smallest absolute Gasteiger partial charge is 0.331 e. The van der Waals surface area contributed by atoms with Gasteiger partial charge in [0.1, 0.15) is 17.7 Å². The summed E-state index contributed by atoms with van der Waals surface area (Å²) in [5.74, 6) is -4.76. The number of aliphatic carboxylic acids is 1. The summed E-state index contributed by atoms with van der Waals surface area (Å²) in [6.45, 7) is 7.03. The Balaban J connectivity index is 1.98. The van der Waals surface area contributed by atoms with Gasteiger partial charge in [0.25, 0.3) is 17.7 Å². The molecule has 10 nitrogen and oxygen atoms in total. The molecule has 0 aliphatic carbocycles. The Hall–Kier alpha value is -3.27. The van der Waals surface area contributed by atoms with Crippen molar-refractivity contribution in [2.75, 3.05) is 6.54 Å². The van der Waals surface area contributed by atoms with E-state index < -0.39 is 59.7 Å². The Kier molecular flexibility index (Phi) is 6.87. The SMILES string of the molecule is C[C@@H](CC(=O)O)C(C(=O)N1NCCC[C@H]1C(=O)OC(C)(C)C)N1C(=O)c2ccccc2C1=O. The quantitative estimate of drug-likeness (QED) is 0.484. The summed E-state index contributed by atoms with van der Waals surface area (Å²) in [6.07, 6.45) is 0.487. The molecule has 178 valence electrons. The number of amides is 3. The van der Waals surface area contributed by atoms with Crippen molar-refractivity contribution in [3.05, 3.63) is 35.4 Å². The van der Waals surface area contributed by atoms with Gasteiger partial charge in [0.15, 0.2) is 0 Å². The van der Waals surface area contributed by atoms with E-state index in [-0.39, 0.29) is 11.1 Å². The Morgan fingerprint density at radius 2 is 1.73 bits per heavy atom. The number of esters is 1. The molecular formula is C23H29N3O7. The number of carboxylic acid groups (broad SMARTS) is 1. The van der Waals surface area contributed by atoms with Crippen LogP contribution in [0.1, 0.15) is 67.7 Å². The minimum Gasteiger partial charge on any atom is -0.481 e. The average molecular weight is 459 g/mol. The molecule has 2 N–H and O–H groups in total. The first-order valence-corrected chi connectivity index (χ1v) is 10.9. The second-order valence-electron chi connectivity index (χ2n) is 9.35. The molecule has 0 radical (unpaired) electrons. The summed E-state index contributed by atoms with van der Waals surface area (Å²) in [6, 6.07) is 3.80. The first-order chi connectivity index (χ1) is 15.4. The van der Waals surface area contributed by atoms with Crippen LogP contribution in [-0.4, -0.2) is 68.9 Å². The number of hydrogen-bond acceptors (Lipinski definition) is 7. The van der Waals surface area contributed by atoms with E-state index in [2.05, 4.69) is 5.43 Å². The number of fused-ring (bicyclic) bond motifs is 1. The number of nitrogens with zero attached hydrogens (tertiary/aromatic N) is 2. The van der Waals surface area contributed by atoms with Crippen LogP contribution in [0.2, 0.25) is 0 Å². The molecule has 10 heteroatoms. The summed E-state index contributed by atoms with van der Waals surface area (Å²) in [5, 5.41) is 10.4. The fourth-order valence-electron chi connectivity index (χ4n) is 4.16. The summed E-state index contributed by atoms with van der Waals surface area (Å²) in [4.78, 5) is 65.0. The number of hydrogen-bond donors (Lipinski definition) is 2. The van der Waals surface area contributed by atoms with Crippen LogP contribution in [0, 0.1) is 5.92 Å². The zero-order valence-electron chi connectivity index (χ0n) is 19.2. The van der Waals surface area contributed by atoms with Gasteiger partial charge < -0.3 is 9.84 Å². The molecule has 1 aromatic rings. The lowest BCUT2D eigenvalue weighted by molar-refractivity contribution is -0.171. The monoisotopic (exact) mass is 459 g/mol. The fourth-order valence-corrected chi connectivity index (χ4v) is 4.16. The van der Waals surface area contributed by atoms with E-state index in [0.717, 1.165) is 9.91 Å². The Morgan fingerprint density at radius 1 is 1.15 bits per heavy atom. The number of rotatable bonds is 6. The van der Waals surface area contributed by atoms with Crippen molar-refractivity contribution in [1.29, 1.82) is 0 Å². The van der Waals surface area contributed by atoms with Gasteiger partial charge in [-0.3, -0.25) is 29.1 Å². The normalized spacial score (nSPS) is 20.3. The third-order valence-corrected chi connectivity index (χ3v) is 5.56. The van der Waals surface area contributed by atoms with Crippen molar-refractivity contribution in [1.82, 2.24) is 15.3 Å². The van der Waals surface area contributed by atoms with Crippen molar-refractivity contribution in [3.8, 4) is 0 Å². The molecule has 33 heavy (non-hydrogen) atoms. The minimum absolute atomic E-state index is 0.151. The van der Waals surface area contributed by atoms with Crippen LogP contribution in [-0.2, 0) is 19.1 Å². The predicted octanol–water partition coefficient (Wildman–Crippen LogP) is 1.60. The molecule has 2 aliphatic rings. The third kappa shape index (κ3) is 5.05. The molecular weight excluding hydrogens is 430 g/mol. The standard InChI is InChI=1S/C23H29N3O7/c1-13(12-17(27)28)18(25-19(29)14-8-5-6-9-15(14)20(25)30)21(31)26-16(10-7-11-24-26)22(32)33-23(2,3)4/h5-6,8-9,13,16,18,24H,7,10-12H2,1-4H3,(H,27,28)/t13-,16-,18?/m0/s1. The van der Waals surface area contributed by atoms with Crippen molar-refractivity contribution in [2.45, 2.75) is 64.6 Å². The molecule has 0 aromatic heterocycles. The molecule has 1 unspecified atom stereocenters. The molecule has 3 atom stereocenters. The Morgan fingerprint density at radius 3 is 2.24 bits per heavy atom. The van der Waals surface area contributed by atoms with Gasteiger partial charge in [0.05, 0.1) is 17.5 Å². The minimum atomic E-state index is -1.41. The number of ether oxygens (including phenoxy) is 1. The molecule has 1 aromatic carbocycles. The van der Waals surface area contributed by atoms with Crippen LogP contribution in [0.5, 0.6) is 0 Å². The first kappa shape index (κ1) is 24.4. The van der Waals surface area contributed by atoms with Crippen molar-refractivity contribution >= 4 is 29.7 Å². The van der Waals surface area contributed by atoms with Gasteiger partial charge in [0.2, 0.25) is 0 Å². The lowest BCUT2D eigenvalue weighted by Crippen LogP contribution is -2.63. The van der Waals surface area contributed by atoms with Gasteiger partial charge >= 0.3 is 11.9 Å². The van der Waals surface area contributed by atoms with Gasteiger partial charge in [-0.15, -0.1) is 0 Å². The predicted molar refractivity (Wildman–Crippen MR) is 116 cm³/mol. The molecule has 3 amide bonds. The van der Waals surface area contributed by atoms with E-state index in [9.17, 15) is 29.1 Å². The Bertz CT molecular complexity index is 950. The molecule has 0 spiro atoms. The maximum Gasteiger partial charge on any atom is 0.331 e. The average Bonchev–Trinajstić information content (AvgIpc) is 2.97. The summed E-state index contributed by atoms with van der Waals surface area (Å²) in [5.41, 5.74) is 2.41. The van der Waals surface area contributed by atoms with E-state index in [1.807, 2.05) is 0 Å². The molecule has 1 saturated heterocycles. The van der Waals surface area contributed by atoms with Crippen molar-refractivity contribution in [2.24, 2.45) is 5.92 Å². The first-order valence-electron chi connectivity index (χ1n) is 10.9. The molecule has 0 saturated carbocycles. The Labute approximate surface area is 191 Å². The van der Waals surface area contributed by atoms with Crippen molar-refractivity contribution in [3.63, 3.8) is 0 Å². The maximum atomic E-state index is 13.7. The lowest BCUT2D eigenvalue weighted by Gasteiger charge is -2.40. The van der Waals surface area contributed by atoms with Crippen LogP contribution in [0.3, 0.4) is 0 Å². The van der Waals surface area contributed by atoms with E-state index in [4.69, 9.17) is 4.74 Å². The number of imide groups is 1. The highest BCUT2D eigenvalue weighted by molar-refractivity contribution is 6.23. The third-order valence-electron chi connectivity index (χ3n) is 5.56. The fraction of sp³-hybridized carbons (Fsp3) is 0.522. The van der Waals surface area contributed by atoms with Crippen LogP contribution in [0.4, 0.5) is 0 Å². The van der Waals surface area contributed by atoms with Gasteiger partial charge in [0, 0.05) is 6.54 Å². The number of hydrazine groups is 1. The maximum absolute atomic E-state index is 13.7. The van der Waals surface area contributed by atoms with E-state index in [0.29, 0.717) is 19.4 Å². The van der Waals surface area contributed by atoms with E-state index >= 15 is 0 Å². The van der Waals surface area contributed by atoms with Crippen LogP contribution in [0.15, 0.2) is 24.3 Å². The number of carboxylic acids is 1. The van der Waals surface area contributed by atoms with Gasteiger partial charge in [-0.2, -0.15) is 0 Å². The van der Waals surface area contributed by atoms with Gasteiger partial charge in [-0.25, -0.2) is 10.2 Å². The summed E-state index contributed by atoms with van der Waals surface area (Å²) in [7, 11) is 0. The van der Waals surface area contributed by atoms with Crippen LogP contribution < -0.4 is 5.43 Å². The molecule has 1 fully saturated rings. The molecule has 2 aliphatic heterocycles. The highest BCUT2D eigenvalue weighted by Crippen LogP contribution is 2.30. The lowest BCUT2D eigenvalue weighted by atomic mass is 9.94. The largest absolute Gasteiger partial charge is 0.481 e. The zero-order valence-corrected chi connectivity index (χ0v) is 19.2. The van der Waals surface area contributed by atoms with Gasteiger partial charge in [-0.05, 0) is 51.7 Å². The van der Waals surface area contributed by atoms with E-state index in [1.165, 1.54) is 19.1 Å². The number of carbonyl (C=O) groups is 5. The summed E-state index contributed by atoms with van der Waals surface area (Å²) < 4.78 is 5.47.